The molecule has 0 bridgehead atoms. The number of benzene rings is 2. The fourth-order valence-corrected chi connectivity index (χ4v) is 6.26. The number of hydrazine groups is 1. The first kappa shape index (κ1) is 27.6. The van der Waals surface area contributed by atoms with Gasteiger partial charge in [0.25, 0.3) is 0 Å². The maximum atomic E-state index is 14.0. The van der Waals surface area contributed by atoms with Gasteiger partial charge in [-0.05, 0) is 23.6 Å². The third kappa shape index (κ3) is 5.52. The highest BCUT2D eigenvalue weighted by Crippen LogP contribution is 2.32. The number of hydrogen-bond acceptors (Lipinski definition) is 7. The Morgan fingerprint density at radius 2 is 2.02 bits per heavy atom. The van der Waals surface area contributed by atoms with Gasteiger partial charge in [0.15, 0.2) is 5.13 Å². The molecule has 0 aliphatic carbocycles. The molecule has 2 aliphatic rings. The first-order valence-corrected chi connectivity index (χ1v) is 14.4. The van der Waals surface area contributed by atoms with Gasteiger partial charge >= 0.3 is 6.03 Å². The van der Waals surface area contributed by atoms with Crippen molar-refractivity contribution in [1.82, 2.24) is 30.1 Å². The first-order valence-electron chi connectivity index (χ1n) is 13.6. The predicted molar refractivity (Wildman–Crippen MR) is 156 cm³/mol. The quantitative estimate of drug-likeness (QED) is 0.290. The van der Waals surface area contributed by atoms with Crippen LogP contribution in [0.5, 0.6) is 0 Å². The number of piperazine rings is 1. The minimum atomic E-state index is -0.702. The fraction of sp³-hybridized carbons (Fsp3) is 0.379. The van der Waals surface area contributed by atoms with Crippen LogP contribution in [0, 0.1) is 0 Å². The van der Waals surface area contributed by atoms with Crippen LogP contribution in [0.15, 0.2) is 61.2 Å². The summed E-state index contributed by atoms with van der Waals surface area (Å²) < 4.78 is 0.959. The number of nitrogen functional groups attached to an aromatic ring is 1. The molecule has 0 spiro atoms. The summed E-state index contributed by atoms with van der Waals surface area (Å²) in [7, 11) is 0. The van der Waals surface area contributed by atoms with Gasteiger partial charge in [0, 0.05) is 19.5 Å². The summed E-state index contributed by atoms with van der Waals surface area (Å²) in [4.78, 5) is 48.7. The molecule has 0 radical (unpaired) electrons. The van der Waals surface area contributed by atoms with E-state index in [1.165, 1.54) is 11.3 Å². The standard InChI is InChI=1S/C29H35N7O3S/c1-3-5-14-31-29(39)34(15-4-2)35-19-25(37)36-22(16-20-10-7-6-8-11-20)27(38)33(18-24(35)36)17-21-12-9-13-23-26(21)32-28(30)40-23/h4,6-13,22,24H,2-3,5,14-19H2,1H3,(H2,30,32)(H,31,39)/t22-,24+/m0/s1. The van der Waals surface area contributed by atoms with Gasteiger partial charge < -0.3 is 20.9 Å². The van der Waals surface area contributed by atoms with Crippen LogP contribution in [0.3, 0.4) is 0 Å². The SMILES string of the molecule is C=CCN(C(=O)NCCCC)N1CC(=O)N2[C@@H](Cc3ccccc3)C(=O)N(Cc3cccc4sc(N)nc34)C[C@@H]21. The predicted octanol–water partition coefficient (Wildman–Crippen LogP) is 3.22. The number of carbonyl (C=O) groups excluding carboxylic acids is 3. The number of rotatable bonds is 10. The Hall–Kier alpha value is -3.96. The van der Waals surface area contributed by atoms with Crippen molar-refractivity contribution in [3.63, 3.8) is 0 Å². The van der Waals surface area contributed by atoms with Crippen LogP contribution in [0.25, 0.3) is 10.2 Å². The molecule has 210 valence electrons. The van der Waals surface area contributed by atoms with Crippen molar-refractivity contribution in [3.8, 4) is 0 Å². The maximum Gasteiger partial charge on any atom is 0.332 e. The Balaban J connectivity index is 1.48. The van der Waals surface area contributed by atoms with Crippen LogP contribution in [-0.2, 0) is 22.6 Å². The van der Waals surface area contributed by atoms with Crippen molar-refractivity contribution in [2.75, 3.05) is 31.9 Å². The normalized spacial score (nSPS) is 19.2. The summed E-state index contributed by atoms with van der Waals surface area (Å²) in [6.07, 6.45) is 3.33. The summed E-state index contributed by atoms with van der Waals surface area (Å²) in [5.74, 6) is -0.304. The minimum Gasteiger partial charge on any atom is -0.375 e. The zero-order chi connectivity index (χ0) is 28.2. The molecular weight excluding hydrogens is 526 g/mol. The Morgan fingerprint density at radius 1 is 1.23 bits per heavy atom. The van der Waals surface area contributed by atoms with Crippen molar-refractivity contribution in [2.24, 2.45) is 0 Å². The Morgan fingerprint density at radius 3 is 2.77 bits per heavy atom. The number of fused-ring (bicyclic) bond motifs is 2. The average molecular weight is 562 g/mol. The molecule has 3 N–H and O–H groups in total. The van der Waals surface area contributed by atoms with Crippen molar-refractivity contribution in [2.45, 2.75) is 44.9 Å². The number of aromatic nitrogens is 1. The summed E-state index contributed by atoms with van der Waals surface area (Å²) in [6, 6.07) is 14.6. The summed E-state index contributed by atoms with van der Waals surface area (Å²) in [5, 5.41) is 6.76. The molecule has 4 amide bonds. The van der Waals surface area contributed by atoms with Crippen molar-refractivity contribution >= 4 is 44.5 Å². The average Bonchev–Trinajstić information content (AvgIpc) is 3.49. The number of urea groups is 1. The Bertz CT molecular complexity index is 1390. The zero-order valence-electron chi connectivity index (χ0n) is 22.7. The summed E-state index contributed by atoms with van der Waals surface area (Å²) in [5.41, 5.74) is 8.62. The van der Waals surface area contributed by atoms with Gasteiger partial charge in [0.05, 0.1) is 29.9 Å². The van der Waals surface area contributed by atoms with Gasteiger partial charge in [0.2, 0.25) is 11.8 Å². The van der Waals surface area contributed by atoms with E-state index >= 15 is 0 Å². The second-order valence-corrected chi connectivity index (χ2v) is 11.1. The molecule has 10 nitrogen and oxygen atoms in total. The highest BCUT2D eigenvalue weighted by Gasteiger charge is 2.52. The second kappa shape index (κ2) is 12.1. The van der Waals surface area contributed by atoms with Gasteiger partial charge in [-0.3, -0.25) is 14.6 Å². The molecular formula is C29H35N7O3S. The molecule has 1 aromatic heterocycles. The number of thiazole rings is 1. The lowest BCUT2D eigenvalue weighted by Crippen LogP contribution is -2.66. The number of unbranched alkanes of at least 4 members (excludes halogenated alkanes) is 1. The number of carbonyl (C=O) groups is 3. The van der Waals surface area contributed by atoms with E-state index in [1.807, 2.05) is 48.5 Å². The lowest BCUT2D eigenvalue weighted by molar-refractivity contribution is -0.157. The number of para-hydroxylation sites is 1. The van der Waals surface area contributed by atoms with Crippen molar-refractivity contribution in [3.05, 3.63) is 72.3 Å². The van der Waals surface area contributed by atoms with Gasteiger partial charge in [-0.2, -0.15) is 5.01 Å². The third-order valence-corrected chi connectivity index (χ3v) is 8.22. The molecule has 2 atom stereocenters. The maximum absolute atomic E-state index is 14.0. The molecule has 3 aromatic rings. The van der Waals surface area contributed by atoms with Crippen molar-refractivity contribution in [1.29, 1.82) is 0 Å². The van der Waals surface area contributed by atoms with E-state index in [0.29, 0.717) is 24.6 Å². The first-order chi connectivity index (χ1) is 19.4. The summed E-state index contributed by atoms with van der Waals surface area (Å²) in [6.45, 7) is 7.25. The molecule has 3 heterocycles. The van der Waals surface area contributed by atoms with Crippen LogP contribution in [0.4, 0.5) is 9.93 Å². The van der Waals surface area contributed by atoms with E-state index < -0.39 is 12.2 Å². The monoisotopic (exact) mass is 561 g/mol. The molecule has 40 heavy (non-hydrogen) atoms. The lowest BCUT2D eigenvalue weighted by Gasteiger charge is -2.46. The number of hydrogen-bond donors (Lipinski definition) is 2. The molecule has 0 saturated carbocycles. The van der Waals surface area contributed by atoms with E-state index in [2.05, 4.69) is 23.8 Å². The highest BCUT2D eigenvalue weighted by molar-refractivity contribution is 7.22. The van der Waals surface area contributed by atoms with Crippen molar-refractivity contribution < 1.29 is 14.4 Å². The van der Waals surface area contributed by atoms with E-state index in [-0.39, 0.29) is 37.5 Å². The Labute approximate surface area is 238 Å². The molecule has 2 aliphatic heterocycles. The minimum absolute atomic E-state index is 0.00428. The number of nitrogens with two attached hydrogens (primary N) is 1. The molecule has 5 rings (SSSR count). The van der Waals surface area contributed by atoms with Gasteiger partial charge in [-0.25, -0.2) is 9.78 Å². The lowest BCUT2D eigenvalue weighted by atomic mass is 10.00. The number of nitrogens with zero attached hydrogens (tertiary/aromatic N) is 5. The number of anilines is 1. The van der Waals surface area contributed by atoms with Gasteiger partial charge in [0.1, 0.15) is 12.2 Å². The van der Waals surface area contributed by atoms with E-state index in [4.69, 9.17) is 5.73 Å². The van der Waals surface area contributed by atoms with E-state index in [1.54, 1.807) is 25.9 Å². The van der Waals surface area contributed by atoms with Crippen LogP contribution < -0.4 is 11.1 Å². The zero-order valence-corrected chi connectivity index (χ0v) is 23.5. The smallest absolute Gasteiger partial charge is 0.332 e. The third-order valence-electron chi connectivity index (χ3n) is 7.37. The van der Waals surface area contributed by atoms with Crippen LogP contribution in [0.2, 0.25) is 0 Å². The Kier molecular flexibility index (Phi) is 8.32. The highest BCUT2D eigenvalue weighted by atomic mass is 32.1. The molecule has 2 saturated heterocycles. The van der Waals surface area contributed by atoms with Crippen LogP contribution >= 0.6 is 11.3 Å². The van der Waals surface area contributed by atoms with Gasteiger partial charge in [-0.15, -0.1) is 6.58 Å². The topological polar surface area (TPSA) is 115 Å². The molecule has 11 heteroatoms. The fourth-order valence-electron chi connectivity index (χ4n) is 5.47. The number of amides is 4. The second-order valence-electron chi connectivity index (χ2n) is 10.1. The molecule has 0 unspecified atom stereocenters. The number of nitrogens with one attached hydrogen (secondary N) is 1. The largest absolute Gasteiger partial charge is 0.375 e. The molecule has 2 fully saturated rings. The van der Waals surface area contributed by atoms with E-state index in [9.17, 15) is 14.4 Å². The van der Waals surface area contributed by atoms with Crippen LogP contribution in [0.1, 0.15) is 30.9 Å². The summed E-state index contributed by atoms with van der Waals surface area (Å²) >= 11 is 1.41. The van der Waals surface area contributed by atoms with Gasteiger partial charge in [-0.1, -0.05) is 73.2 Å². The van der Waals surface area contributed by atoms with Crippen LogP contribution in [-0.4, -0.2) is 81.0 Å². The van der Waals surface area contributed by atoms with E-state index in [0.717, 1.165) is 34.2 Å². The molecule has 2 aromatic carbocycles.